The summed E-state index contributed by atoms with van der Waals surface area (Å²) in [6.07, 6.45) is 0. The van der Waals surface area contributed by atoms with E-state index >= 15 is 0 Å². The zero-order chi connectivity index (χ0) is 17.4. The van der Waals surface area contributed by atoms with Crippen molar-refractivity contribution in [3.63, 3.8) is 0 Å². The molecule has 0 heterocycles. The van der Waals surface area contributed by atoms with Gasteiger partial charge in [0.25, 0.3) is 0 Å². The van der Waals surface area contributed by atoms with Crippen LogP contribution in [0.4, 0.5) is 0 Å². The number of sulfone groups is 2. The van der Waals surface area contributed by atoms with Crippen LogP contribution in [-0.4, -0.2) is 21.9 Å². The molecule has 0 radical (unpaired) electrons. The second kappa shape index (κ2) is 6.78. The van der Waals surface area contributed by atoms with Crippen LogP contribution in [0, 0.1) is 0 Å². The lowest BCUT2D eigenvalue weighted by Gasteiger charge is -2.08. The summed E-state index contributed by atoms with van der Waals surface area (Å²) in [7, 11) is -8.36. The van der Waals surface area contributed by atoms with Gasteiger partial charge >= 0.3 is 0 Å². The van der Waals surface area contributed by atoms with E-state index in [9.17, 15) is 16.8 Å². The average molecular weight is 434 g/mol. The molecule has 0 fully saturated rings. The fourth-order valence-corrected chi connectivity index (χ4v) is 7.02. The number of hydrogen-bond acceptors (Lipinski definition) is 4. The first-order valence-electron chi connectivity index (χ1n) is 5.87. The van der Waals surface area contributed by atoms with E-state index in [-0.39, 0.29) is 29.9 Å². The first-order valence-corrected chi connectivity index (χ1v) is 10.7. The van der Waals surface area contributed by atoms with Crippen LogP contribution in [0.25, 0.3) is 0 Å². The maximum absolute atomic E-state index is 12.3. The maximum Gasteiger partial charge on any atom is 0.193 e. The minimum atomic E-state index is -4.18. The molecular formula is C13H8Cl4O4S2. The van der Waals surface area contributed by atoms with Gasteiger partial charge in [0, 0.05) is 20.1 Å². The van der Waals surface area contributed by atoms with Crippen molar-refractivity contribution < 1.29 is 16.8 Å². The molecular weight excluding hydrogens is 426 g/mol. The molecule has 2 aromatic rings. The van der Waals surface area contributed by atoms with Gasteiger partial charge < -0.3 is 0 Å². The van der Waals surface area contributed by atoms with Crippen molar-refractivity contribution in [3.8, 4) is 0 Å². The topological polar surface area (TPSA) is 68.3 Å². The van der Waals surface area contributed by atoms with E-state index in [1.165, 1.54) is 12.1 Å². The summed E-state index contributed by atoms with van der Waals surface area (Å²) in [5, 5.41) is -0.829. The Bertz CT molecular complexity index is 849. The summed E-state index contributed by atoms with van der Waals surface area (Å²) in [5.41, 5.74) is 0. The van der Waals surface area contributed by atoms with Crippen LogP contribution in [0.3, 0.4) is 0 Å². The van der Waals surface area contributed by atoms with E-state index in [1.54, 1.807) is 0 Å². The third-order valence-electron chi connectivity index (χ3n) is 2.70. The SMILES string of the molecule is O=S(=O)(CS(=O)(=O)c1cc(Cl)cc(Cl)c1)c1cc(Cl)cc(Cl)c1. The minimum Gasteiger partial charge on any atom is -0.223 e. The quantitative estimate of drug-likeness (QED) is 0.711. The van der Waals surface area contributed by atoms with E-state index < -0.39 is 24.8 Å². The highest BCUT2D eigenvalue weighted by atomic mass is 35.5. The molecule has 23 heavy (non-hydrogen) atoms. The van der Waals surface area contributed by atoms with Crippen LogP contribution < -0.4 is 0 Å². The zero-order valence-electron chi connectivity index (χ0n) is 11.1. The molecule has 10 heteroatoms. The van der Waals surface area contributed by atoms with Crippen LogP contribution in [0.1, 0.15) is 0 Å². The molecule has 0 aromatic heterocycles. The monoisotopic (exact) mass is 432 g/mol. The van der Waals surface area contributed by atoms with Crippen molar-refractivity contribution in [2.45, 2.75) is 9.79 Å². The lowest BCUT2D eigenvalue weighted by molar-refractivity contribution is 0.589. The fraction of sp³-hybridized carbons (Fsp3) is 0.0769. The summed E-state index contributed by atoms with van der Waals surface area (Å²) in [5.74, 6) is 0. The van der Waals surface area contributed by atoms with Crippen molar-refractivity contribution in [1.82, 2.24) is 0 Å². The Labute approximate surface area is 153 Å². The van der Waals surface area contributed by atoms with Crippen molar-refractivity contribution in [3.05, 3.63) is 56.5 Å². The number of hydrogen-bond donors (Lipinski definition) is 0. The van der Waals surface area contributed by atoms with E-state index in [1.807, 2.05) is 0 Å². The van der Waals surface area contributed by atoms with E-state index in [4.69, 9.17) is 46.4 Å². The minimum absolute atomic E-state index is 0.0827. The first kappa shape index (κ1) is 18.8. The van der Waals surface area contributed by atoms with Crippen LogP contribution in [0.2, 0.25) is 20.1 Å². The summed E-state index contributed by atoms with van der Waals surface area (Å²) < 4.78 is 49.3. The summed E-state index contributed by atoms with van der Waals surface area (Å²) in [6.45, 7) is 0. The molecule has 0 aliphatic carbocycles. The average Bonchev–Trinajstić information content (AvgIpc) is 2.35. The highest BCUT2D eigenvalue weighted by Gasteiger charge is 2.27. The molecule has 4 nitrogen and oxygen atoms in total. The van der Waals surface area contributed by atoms with E-state index in [2.05, 4.69) is 0 Å². The van der Waals surface area contributed by atoms with Gasteiger partial charge in [-0.1, -0.05) is 46.4 Å². The molecule has 2 aromatic carbocycles. The molecule has 0 aliphatic heterocycles. The van der Waals surface area contributed by atoms with Crippen LogP contribution >= 0.6 is 46.4 Å². The number of halogens is 4. The molecule has 0 saturated heterocycles. The normalized spacial score (nSPS) is 12.3. The van der Waals surface area contributed by atoms with Gasteiger partial charge in [0.15, 0.2) is 24.8 Å². The molecule has 124 valence electrons. The zero-order valence-corrected chi connectivity index (χ0v) is 15.8. The molecule has 0 spiro atoms. The third-order valence-corrected chi connectivity index (χ3v) is 7.96. The Morgan fingerprint density at radius 2 is 0.826 bits per heavy atom. The molecule has 0 bridgehead atoms. The Morgan fingerprint density at radius 3 is 1.09 bits per heavy atom. The van der Waals surface area contributed by atoms with Gasteiger partial charge in [0.1, 0.15) is 0 Å². The Hall–Kier alpha value is -0.500. The number of benzene rings is 2. The molecule has 0 unspecified atom stereocenters. The fourth-order valence-electron chi connectivity index (χ4n) is 1.76. The van der Waals surface area contributed by atoms with Crippen molar-refractivity contribution in [2.24, 2.45) is 0 Å². The molecule has 0 aliphatic rings. The van der Waals surface area contributed by atoms with Gasteiger partial charge in [0.2, 0.25) is 0 Å². The molecule has 0 saturated carbocycles. The smallest absolute Gasteiger partial charge is 0.193 e. The second-order valence-corrected chi connectivity index (χ2v) is 10.6. The summed E-state index contributed by atoms with van der Waals surface area (Å²) in [4.78, 5) is -0.571. The maximum atomic E-state index is 12.3. The standard InChI is InChI=1S/C13H8Cl4O4S2/c14-8-1-9(15)4-12(3-8)22(18,19)7-23(20,21)13-5-10(16)2-11(17)6-13/h1-6H,7H2. The van der Waals surface area contributed by atoms with Crippen molar-refractivity contribution in [2.75, 3.05) is 5.08 Å². The van der Waals surface area contributed by atoms with Crippen molar-refractivity contribution >= 4 is 66.1 Å². The van der Waals surface area contributed by atoms with Gasteiger partial charge in [-0.15, -0.1) is 0 Å². The lowest BCUT2D eigenvalue weighted by atomic mass is 10.4. The predicted molar refractivity (Wildman–Crippen MR) is 92.2 cm³/mol. The van der Waals surface area contributed by atoms with Crippen LogP contribution in [-0.2, 0) is 19.7 Å². The van der Waals surface area contributed by atoms with E-state index in [0.717, 1.165) is 24.3 Å². The molecule has 0 N–H and O–H groups in total. The van der Waals surface area contributed by atoms with Crippen LogP contribution in [0.15, 0.2) is 46.2 Å². The highest BCUT2D eigenvalue weighted by molar-refractivity contribution is 8.08. The summed E-state index contributed by atoms with van der Waals surface area (Å²) >= 11 is 23.0. The van der Waals surface area contributed by atoms with Gasteiger partial charge in [0.05, 0.1) is 9.79 Å². The highest BCUT2D eigenvalue weighted by Crippen LogP contribution is 2.27. The lowest BCUT2D eigenvalue weighted by Crippen LogP contribution is -2.17. The van der Waals surface area contributed by atoms with Gasteiger partial charge in [-0.05, 0) is 36.4 Å². The first-order chi connectivity index (χ1) is 10.5. The van der Waals surface area contributed by atoms with Crippen LogP contribution in [0.5, 0.6) is 0 Å². The molecule has 0 atom stereocenters. The van der Waals surface area contributed by atoms with Gasteiger partial charge in [-0.2, -0.15) is 0 Å². The molecule has 0 amide bonds. The van der Waals surface area contributed by atoms with Gasteiger partial charge in [-0.3, -0.25) is 0 Å². The predicted octanol–water partition coefficient (Wildman–Crippen LogP) is 4.51. The second-order valence-electron chi connectivity index (χ2n) is 4.56. The molecule has 2 rings (SSSR count). The third kappa shape index (κ3) is 4.75. The summed E-state index contributed by atoms with van der Waals surface area (Å²) in [6, 6.07) is 7.19. The Morgan fingerprint density at radius 1 is 0.565 bits per heavy atom. The van der Waals surface area contributed by atoms with Gasteiger partial charge in [-0.25, -0.2) is 16.8 Å². The Balaban J connectivity index is 2.46. The van der Waals surface area contributed by atoms with Crippen molar-refractivity contribution in [1.29, 1.82) is 0 Å². The largest absolute Gasteiger partial charge is 0.223 e. The van der Waals surface area contributed by atoms with E-state index in [0.29, 0.717) is 0 Å². The number of rotatable bonds is 4. The Kier molecular flexibility index (Phi) is 5.55.